The number of benzene rings is 1. The van der Waals surface area contributed by atoms with Crippen LogP contribution in [0.3, 0.4) is 0 Å². The van der Waals surface area contributed by atoms with Gasteiger partial charge in [-0.1, -0.05) is 12.1 Å². The molecule has 2 nitrogen and oxygen atoms in total. The molecular formula is C13H19ClO2. The number of ether oxygens (including phenoxy) is 2. The maximum Gasteiger partial charge on any atom is 0.119 e. The van der Waals surface area contributed by atoms with Gasteiger partial charge in [0, 0.05) is 19.6 Å². The lowest BCUT2D eigenvalue weighted by Crippen LogP contribution is -2.09. The van der Waals surface area contributed by atoms with Crippen LogP contribution in [0.5, 0.6) is 5.75 Å². The first kappa shape index (κ1) is 13.3. The van der Waals surface area contributed by atoms with Crippen LogP contribution in [0, 0.1) is 5.92 Å². The van der Waals surface area contributed by atoms with Crippen LogP contribution in [0.1, 0.15) is 12.0 Å². The zero-order valence-electron chi connectivity index (χ0n) is 9.91. The minimum atomic E-state index is 0.466. The van der Waals surface area contributed by atoms with Gasteiger partial charge in [-0.05, 0) is 36.5 Å². The lowest BCUT2D eigenvalue weighted by molar-refractivity contribution is 0.180. The highest BCUT2D eigenvalue weighted by Crippen LogP contribution is 2.18. The lowest BCUT2D eigenvalue weighted by atomic mass is 9.98. The van der Waals surface area contributed by atoms with E-state index in [2.05, 4.69) is 12.1 Å². The molecule has 0 fully saturated rings. The molecule has 1 aromatic rings. The van der Waals surface area contributed by atoms with Gasteiger partial charge in [-0.3, -0.25) is 0 Å². The Balaban J connectivity index is 2.55. The predicted octanol–water partition coefficient (Wildman–Crippen LogP) is 3.13. The van der Waals surface area contributed by atoms with Gasteiger partial charge in [-0.25, -0.2) is 0 Å². The summed E-state index contributed by atoms with van der Waals surface area (Å²) in [5, 5.41) is 0. The molecular weight excluding hydrogens is 224 g/mol. The first-order valence-corrected chi connectivity index (χ1v) is 6.01. The molecule has 0 aliphatic rings. The van der Waals surface area contributed by atoms with Crippen molar-refractivity contribution in [3.63, 3.8) is 0 Å². The summed E-state index contributed by atoms with van der Waals surface area (Å²) in [5.74, 6) is 2.03. The summed E-state index contributed by atoms with van der Waals surface area (Å²) < 4.78 is 10.3. The fourth-order valence-electron chi connectivity index (χ4n) is 1.65. The standard InChI is InChI=1S/C13H19ClO2/c1-15-7-6-12(10-14)8-11-4-3-5-13(9-11)16-2/h3-5,9,12H,6-8,10H2,1-2H3. The number of hydrogen-bond donors (Lipinski definition) is 0. The third-order valence-corrected chi connectivity index (χ3v) is 3.04. The van der Waals surface area contributed by atoms with Crippen LogP contribution < -0.4 is 4.74 Å². The van der Waals surface area contributed by atoms with E-state index in [9.17, 15) is 0 Å². The zero-order valence-corrected chi connectivity index (χ0v) is 10.7. The van der Waals surface area contributed by atoms with Crippen molar-refractivity contribution in [3.8, 4) is 5.75 Å². The van der Waals surface area contributed by atoms with E-state index in [0.717, 1.165) is 25.2 Å². The Morgan fingerprint density at radius 3 is 2.75 bits per heavy atom. The van der Waals surface area contributed by atoms with E-state index >= 15 is 0 Å². The third kappa shape index (κ3) is 4.42. The molecule has 0 aromatic heterocycles. The van der Waals surface area contributed by atoms with Gasteiger partial charge >= 0.3 is 0 Å². The van der Waals surface area contributed by atoms with E-state index in [-0.39, 0.29) is 0 Å². The molecule has 0 spiro atoms. The molecule has 1 unspecified atom stereocenters. The van der Waals surface area contributed by atoms with Crippen LogP contribution in [0.2, 0.25) is 0 Å². The molecule has 3 heteroatoms. The number of methoxy groups -OCH3 is 2. The Labute approximate surface area is 103 Å². The largest absolute Gasteiger partial charge is 0.497 e. The van der Waals surface area contributed by atoms with E-state index in [1.54, 1.807) is 14.2 Å². The molecule has 0 aliphatic carbocycles. The maximum atomic E-state index is 5.94. The molecule has 1 aromatic carbocycles. The van der Waals surface area contributed by atoms with Crippen LogP contribution in [0.25, 0.3) is 0 Å². The van der Waals surface area contributed by atoms with Crippen LogP contribution >= 0.6 is 11.6 Å². The summed E-state index contributed by atoms with van der Waals surface area (Å²) in [5.41, 5.74) is 1.26. The minimum Gasteiger partial charge on any atom is -0.497 e. The van der Waals surface area contributed by atoms with Crippen LogP contribution in [0.4, 0.5) is 0 Å². The van der Waals surface area contributed by atoms with Crippen LogP contribution in [-0.4, -0.2) is 26.7 Å². The molecule has 0 radical (unpaired) electrons. The van der Waals surface area contributed by atoms with Crippen LogP contribution in [0.15, 0.2) is 24.3 Å². The van der Waals surface area contributed by atoms with Crippen molar-refractivity contribution >= 4 is 11.6 Å². The second kappa shape index (κ2) is 7.53. The monoisotopic (exact) mass is 242 g/mol. The average molecular weight is 243 g/mol. The summed E-state index contributed by atoms with van der Waals surface area (Å²) in [4.78, 5) is 0. The molecule has 0 saturated heterocycles. The number of alkyl halides is 1. The topological polar surface area (TPSA) is 18.5 Å². The van der Waals surface area contributed by atoms with E-state index in [0.29, 0.717) is 11.8 Å². The molecule has 0 N–H and O–H groups in total. The van der Waals surface area contributed by atoms with Gasteiger partial charge in [-0.2, -0.15) is 0 Å². The lowest BCUT2D eigenvalue weighted by Gasteiger charge is -2.13. The molecule has 0 saturated carbocycles. The van der Waals surface area contributed by atoms with E-state index in [1.165, 1.54) is 5.56 Å². The number of halogens is 1. The van der Waals surface area contributed by atoms with Crippen LogP contribution in [-0.2, 0) is 11.2 Å². The van der Waals surface area contributed by atoms with Crippen molar-refractivity contribution in [3.05, 3.63) is 29.8 Å². The highest BCUT2D eigenvalue weighted by Gasteiger charge is 2.08. The molecule has 1 rings (SSSR count). The normalized spacial score (nSPS) is 12.4. The Morgan fingerprint density at radius 2 is 2.12 bits per heavy atom. The van der Waals surface area contributed by atoms with Crippen molar-refractivity contribution in [1.29, 1.82) is 0 Å². The smallest absolute Gasteiger partial charge is 0.119 e. The average Bonchev–Trinajstić information content (AvgIpc) is 2.34. The molecule has 0 heterocycles. The second-order valence-electron chi connectivity index (χ2n) is 3.86. The summed E-state index contributed by atoms with van der Waals surface area (Å²) in [7, 11) is 3.40. The molecule has 90 valence electrons. The number of hydrogen-bond acceptors (Lipinski definition) is 2. The van der Waals surface area contributed by atoms with Crippen molar-refractivity contribution in [2.45, 2.75) is 12.8 Å². The van der Waals surface area contributed by atoms with E-state index < -0.39 is 0 Å². The molecule has 16 heavy (non-hydrogen) atoms. The van der Waals surface area contributed by atoms with E-state index in [1.807, 2.05) is 12.1 Å². The summed E-state index contributed by atoms with van der Waals surface area (Å²) in [6.45, 7) is 0.765. The van der Waals surface area contributed by atoms with Crippen molar-refractivity contribution in [1.82, 2.24) is 0 Å². The van der Waals surface area contributed by atoms with Gasteiger partial charge in [-0.15, -0.1) is 11.6 Å². The molecule has 0 aliphatic heterocycles. The van der Waals surface area contributed by atoms with Crippen molar-refractivity contribution in [2.75, 3.05) is 26.7 Å². The minimum absolute atomic E-state index is 0.466. The second-order valence-corrected chi connectivity index (χ2v) is 4.17. The predicted molar refractivity (Wildman–Crippen MR) is 67.4 cm³/mol. The Kier molecular flexibility index (Phi) is 6.27. The molecule has 1 atom stereocenters. The third-order valence-electron chi connectivity index (χ3n) is 2.61. The maximum absolute atomic E-state index is 5.94. The fourth-order valence-corrected chi connectivity index (χ4v) is 1.91. The van der Waals surface area contributed by atoms with Gasteiger partial charge in [0.15, 0.2) is 0 Å². The SMILES string of the molecule is COCCC(CCl)Cc1cccc(OC)c1. The van der Waals surface area contributed by atoms with Gasteiger partial charge in [0.2, 0.25) is 0 Å². The Morgan fingerprint density at radius 1 is 1.31 bits per heavy atom. The van der Waals surface area contributed by atoms with Gasteiger partial charge in [0.25, 0.3) is 0 Å². The van der Waals surface area contributed by atoms with Crippen molar-refractivity contribution in [2.24, 2.45) is 5.92 Å². The fraction of sp³-hybridized carbons (Fsp3) is 0.538. The van der Waals surface area contributed by atoms with Gasteiger partial charge < -0.3 is 9.47 Å². The first-order chi connectivity index (χ1) is 7.80. The summed E-state index contributed by atoms with van der Waals surface area (Å²) in [6, 6.07) is 8.13. The zero-order chi connectivity index (χ0) is 11.8. The Bertz CT molecular complexity index is 302. The highest BCUT2D eigenvalue weighted by molar-refractivity contribution is 6.18. The van der Waals surface area contributed by atoms with Gasteiger partial charge in [0.1, 0.15) is 5.75 Å². The summed E-state index contributed by atoms with van der Waals surface area (Å²) >= 11 is 5.94. The Hall–Kier alpha value is -0.730. The molecule has 0 bridgehead atoms. The highest BCUT2D eigenvalue weighted by atomic mass is 35.5. The molecule has 0 amide bonds. The first-order valence-electron chi connectivity index (χ1n) is 5.48. The summed E-state index contributed by atoms with van der Waals surface area (Å²) in [6.07, 6.45) is 1.97. The van der Waals surface area contributed by atoms with E-state index in [4.69, 9.17) is 21.1 Å². The quantitative estimate of drug-likeness (QED) is 0.684. The van der Waals surface area contributed by atoms with Crippen molar-refractivity contribution < 1.29 is 9.47 Å². The number of rotatable bonds is 7. The van der Waals surface area contributed by atoms with Gasteiger partial charge in [0.05, 0.1) is 7.11 Å².